The Hall–Kier alpha value is -2.49. The summed E-state index contributed by atoms with van der Waals surface area (Å²) in [5.41, 5.74) is 1.00. The molecule has 0 spiro atoms. The van der Waals surface area contributed by atoms with Crippen molar-refractivity contribution < 1.29 is 9.18 Å². The van der Waals surface area contributed by atoms with Gasteiger partial charge < -0.3 is 20.4 Å². The summed E-state index contributed by atoms with van der Waals surface area (Å²) >= 11 is 6.47. The zero-order valence-corrected chi connectivity index (χ0v) is 22.8. The van der Waals surface area contributed by atoms with Crippen LogP contribution in [-0.2, 0) is 0 Å². The molecule has 2 saturated heterocycles. The fraction of sp³-hybridized carbons (Fsp3) is 0.577. The monoisotopic (exact) mass is 517 g/mol. The molecule has 2 aliphatic rings. The van der Waals surface area contributed by atoms with Gasteiger partial charge in [-0.3, -0.25) is 9.69 Å². The first kappa shape index (κ1) is 26.6. The summed E-state index contributed by atoms with van der Waals surface area (Å²) in [7, 11) is 4.18. The van der Waals surface area contributed by atoms with Gasteiger partial charge in [-0.2, -0.15) is 4.98 Å². The standard InChI is InChI=1S/C26H37ClFN7O/c1-25(2)14-18(15-26(3,4)34(25)6)30-22-21(28)16-29-24(32-22)31-17-7-8-19(20(27)13-17)23(36)35-11-9-33(5)10-12-35/h7-8,13,16,18H,9-12,14-15H2,1-6H3,(H2,29,30,31,32). The minimum Gasteiger partial charge on any atom is -0.365 e. The molecule has 2 N–H and O–H groups in total. The summed E-state index contributed by atoms with van der Waals surface area (Å²) in [5.74, 6) is -0.157. The zero-order chi connectivity index (χ0) is 26.3. The summed E-state index contributed by atoms with van der Waals surface area (Å²) < 4.78 is 14.6. The Labute approximate surface area is 218 Å². The lowest BCUT2D eigenvalue weighted by Gasteiger charge is -2.53. The SMILES string of the molecule is CN1CCN(C(=O)c2ccc(Nc3ncc(F)c(NC4CC(C)(C)N(C)C(C)(C)C4)n3)cc2Cl)CC1. The van der Waals surface area contributed by atoms with E-state index in [-0.39, 0.29) is 34.8 Å². The van der Waals surface area contributed by atoms with Crippen molar-refractivity contribution in [2.75, 3.05) is 50.9 Å². The lowest BCUT2D eigenvalue weighted by atomic mass is 9.77. The fourth-order valence-corrected chi connectivity index (χ4v) is 5.53. The molecule has 3 heterocycles. The molecule has 8 nitrogen and oxygen atoms in total. The molecule has 0 saturated carbocycles. The number of likely N-dealkylation sites (N-methyl/N-ethyl adjacent to an activating group) is 1. The van der Waals surface area contributed by atoms with E-state index in [4.69, 9.17) is 11.6 Å². The van der Waals surface area contributed by atoms with Crippen molar-refractivity contribution in [3.05, 3.63) is 40.8 Å². The highest BCUT2D eigenvalue weighted by Crippen LogP contribution is 2.38. The topological polar surface area (TPSA) is 76.6 Å². The number of carbonyl (C=O) groups is 1. The molecular weight excluding hydrogens is 481 g/mol. The normalized spacial score (nSPS) is 20.8. The molecule has 0 atom stereocenters. The number of anilines is 3. The van der Waals surface area contributed by atoms with Gasteiger partial charge in [0.15, 0.2) is 11.6 Å². The molecule has 36 heavy (non-hydrogen) atoms. The van der Waals surface area contributed by atoms with Crippen LogP contribution in [0.5, 0.6) is 0 Å². The Kier molecular flexibility index (Phi) is 7.46. The molecule has 0 radical (unpaired) electrons. The summed E-state index contributed by atoms with van der Waals surface area (Å²) in [6.07, 6.45) is 2.88. The molecule has 2 aromatic rings. The third kappa shape index (κ3) is 5.74. The maximum Gasteiger partial charge on any atom is 0.255 e. The highest BCUT2D eigenvalue weighted by Gasteiger charge is 2.43. The Morgan fingerprint density at radius 1 is 1.08 bits per heavy atom. The van der Waals surface area contributed by atoms with E-state index in [0.717, 1.165) is 32.1 Å². The molecule has 1 aromatic carbocycles. The average molecular weight is 518 g/mol. The first-order valence-corrected chi connectivity index (χ1v) is 12.8. The second-order valence-electron chi connectivity index (χ2n) is 11.2. The quantitative estimate of drug-likeness (QED) is 0.606. The molecule has 2 fully saturated rings. The van der Waals surface area contributed by atoms with E-state index in [1.165, 1.54) is 0 Å². The molecule has 0 aliphatic carbocycles. The van der Waals surface area contributed by atoms with Crippen LogP contribution in [0.15, 0.2) is 24.4 Å². The van der Waals surface area contributed by atoms with Gasteiger partial charge in [-0.1, -0.05) is 11.6 Å². The number of likely N-dealkylation sites (tertiary alicyclic amines) is 1. The van der Waals surface area contributed by atoms with Crippen LogP contribution in [0.2, 0.25) is 5.02 Å². The Morgan fingerprint density at radius 3 is 2.33 bits per heavy atom. The number of piperidine rings is 1. The van der Waals surface area contributed by atoms with Crippen molar-refractivity contribution in [1.29, 1.82) is 0 Å². The van der Waals surface area contributed by atoms with Gasteiger partial charge in [0, 0.05) is 49.0 Å². The number of hydrogen-bond donors (Lipinski definition) is 2. The molecule has 196 valence electrons. The predicted octanol–water partition coefficient (Wildman–Crippen LogP) is 4.46. The van der Waals surface area contributed by atoms with E-state index in [1.807, 2.05) is 11.9 Å². The largest absolute Gasteiger partial charge is 0.365 e. The van der Waals surface area contributed by atoms with Crippen LogP contribution in [0.25, 0.3) is 0 Å². The van der Waals surface area contributed by atoms with Gasteiger partial charge in [-0.25, -0.2) is 9.37 Å². The number of amides is 1. The molecule has 0 unspecified atom stereocenters. The van der Waals surface area contributed by atoms with Gasteiger partial charge in [0.2, 0.25) is 5.95 Å². The van der Waals surface area contributed by atoms with Crippen molar-refractivity contribution in [3.8, 4) is 0 Å². The van der Waals surface area contributed by atoms with E-state index >= 15 is 0 Å². The van der Waals surface area contributed by atoms with Crippen LogP contribution < -0.4 is 10.6 Å². The third-order valence-electron chi connectivity index (χ3n) is 7.64. The van der Waals surface area contributed by atoms with Gasteiger partial charge in [0.25, 0.3) is 5.91 Å². The number of halogens is 2. The molecule has 1 aromatic heterocycles. The van der Waals surface area contributed by atoms with Crippen LogP contribution in [0.1, 0.15) is 50.9 Å². The molecule has 10 heteroatoms. The smallest absolute Gasteiger partial charge is 0.255 e. The van der Waals surface area contributed by atoms with Crippen LogP contribution in [0.3, 0.4) is 0 Å². The van der Waals surface area contributed by atoms with Crippen molar-refractivity contribution >= 4 is 35.0 Å². The van der Waals surface area contributed by atoms with Crippen molar-refractivity contribution in [2.45, 2.75) is 57.7 Å². The number of piperazine rings is 1. The molecule has 1 amide bonds. The number of aromatic nitrogens is 2. The van der Waals surface area contributed by atoms with Crippen LogP contribution in [-0.4, -0.2) is 88.0 Å². The van der Waals surface area contributed by atoms with E-state index in [9.17, 15) is 9.18 Å². The predicted molar refractivity (Wildman–Crippen MR) is 143 cm³/mol. The number of nitrogens with one attached hydrogen (secondary N) is 2. The van der Waals surface area contributed by atoms with Gasteiger partial charge in [0.1, 0.15) is 0 Å². The van der Waals surface area contributed by atoms with E-state index in [2.05, 4.69) is 65.1 Å². The summed E-state index contributed by atoms with van der Waals surface area (Å²) in [6.45, 7) is 11.8. The van der Waals surface area contributed by atoms with Crippen molar-refractivity contribution in [1.82, 2.24) is 24.7 Å². The van der Waals surface area contributed by atoms with E-state index in [0.29, 0.717) is 29.4 Å². The third-order valence-corrected chi connectivity index (χ3v) is 7.95. The maximum atomic E-state index is 14.6. The van der Waals surface area contributed by atoms with Crippen molar-refractivity contribution in [2.24, 2.45) is 0 Å². The van der Waals surface area contributed by atoms with E-state index < -0.39 is 5.82 Å². The van der Waals surface area contributed by atoms with E-state index in [1.54, 1.807) is 18.2 Å². The second-order valence-corrected chi connectivity index (χ2v) is 11.6. The zero-order valence-electron chi connectivity index (χ0n) is 22.0. The number of hydrogen-bond acceptors (Lipinski definition) is 7. The number of nitrogens with zero attached hydrogens (tertiary/aromatic N) is 5. The van der Waals surface area contributed by atoms with Gasteiger partial charge >= 0.3 is 0 Å². The Balaban J connectivity index is 1.46. The van der Waals surface area contributed by atoms with Crippen LogP contribution >= 0.6 is 11.6 Å². The molecule has 0 bridgehead atoms. The minimum absolute atomic E-state index is 0.0376. The minimum atomic E-state index is -0.499. The molecular formula is C26H37ClFN7O. The lowest BCUT2D eigenvalue weighted by molar-refractivity contribution is -0.00778. The summed E-state index contributed by atoms with van der Waals surface area (Å²) in [4.78, 5) is 27.8. The maximum absolute atomic E-state index is 14.6. The number of carbonyl (C=O) groups excluding carboxylic acids is 1. The molecule has 4 rings (SSSR count). The highest BCUT2D eigenvalue weighted by atomic mass is 35.5. The van der Waals surface area contributed by atoms with Gasteiger partial charge in [-0.05, 0) is 72.8 Å². The van der Waals surface area contributed by atoms with Crippen LogP contribution in [0.4, 0.5) is 21.8 Å². The van der Waals surface area contributed by atoms with Gasteiger partial charge in [-0.15, -0.1) is 0 Å². The second kappa shape index (κ2) is 10.1. The summed E-state index contributed by atoms with van der Waals surface area (Å²) in [5, 5.41) is 6.74. The first-order chi connectivity index (χ1) is 16.9. The number of rotatable bonds is 5. The number of benzene rings is 1. The summed E-state index contributed by atoms with van der Waals surface area (Å²) in [6, 6.07) is 5.21. The Bertz CT molecular complexity index is 1100. The Morgan fingerprint density at radius 2 is 1.72 bits per heavy atom. The van der Waals surface area contributed by atoms with Gasteiger partial charge in [0.05, 0.1) is 16.8 Å². The molecule has 2 aliphatic heterocycles. The first-order valence-electron chi connectivity index (χ1n) is 12.4. The van der Waals surface area contributed by atoms with Crippen molar-refractivity contribution in [3.63, 3.8) is 0 Å². The van der Waals surface area contributed by atoms with Crippen LogP contribution in [0, 0.1) is 5.82 Å². The highest BCUT2D eigenvalue weighted by molar-refractivity contribution is 6.34. The fourth-order valence-electron chi connectivity index (χ4n) is 5.27. The average Bonchev–Trinajstić information content (AvgIpc) is 2.79. The lowest BCUT2D eigenvalue weighted by Crippen LogP contribution is -2.61.